The van der Waals surface area contributed by atoms with Crippen molar-refractivity contribution in [1.82, 2.24) is 14.7 Å². The van der Waals surface area contributed by atoms with Crippen molar-refractivity contribution in [2.45, 2.75) is 19.4 Å². The maximum absolute atomic E-state index is 11.4. The molecule has 0 atom stereocenters. The standard InChI is InChI=1S/C20H19N3O2/c1-22(20(24)25)13-18-19-16-10-6-5-7-14(16)11-12-17(19)21-23(18)15-8-3-2-4-9-15/h2-10H,11-13H2,1H3,(H,24,25). The molecule has 1 heterocycles. The number of hydrogen-bond donors (Lipinski definition) is 1. The lowest BCUT2D eigenvalue weighted by Crippen LogP contribution is -2.25. The fraction of sp³-hybridized carbons (Fsp3) is 0.200. The van der Waals surface area contributed by atoms with E-state index >= 15 is 0 Å². The van der Waals surface area contributed by atoms with Crippen LogP contribution in [0.2, 0.25) is 0 Å². The molecule has 0 radical (unpaired) electrons. The Balaban J connectivity index is 1.93. The van der Waals surface area contributed by atoms with Crippen molar-refractivity contribution < 1.29 is 9.90 Å². The van der Waals surface area contributed by atoms with Crippen LogP contribution in [0.3, 0.4) is 0 Å². The zero-order valence-corrected chi connectivity index (χ0v) is 14.0. The third-order valence-corrected chi connectivity index (χ3v) is 4.69. The monoisotopic (exact) mass is 333 g/mol. The minimum atomic E-state index is -0.946. The first-order valence-electron chi connectivity index (χ1n) is 8.33. The highest BCUT2D eigenvalue weighted by atomic mass is 16.4. The van der Waals surface area contributed by atoms with Gasteiger partial charge in [-0.3, -0.25) is 0 Å². The van der Waals surface area contributed by atoms with Gasteiger partial charge >= 0.3 is 6.09 Å². The number of benzene rings is 2. The number of amides is 1. The lowest BCUT2D eigenvalue weighted by atomic mass is 9.88. The molecule has 1 aromatic heterocycles. The fourth-order valence-electron chi connectivity index (χ4n) is 3.45. The molecule has 0 saturated heterocycles. The topological polar surface area (TPSA) is 58.4 Å². The number of carboxylic acid groups (broad SMARTS) is 1. The minimum absolute atomic E-state index is 0.293. The van der Waals surface area contributed by atoms with Crippen LogP contribution in [0.4, 0.5) is 4.79 Å². The molecule has 4 rings (SSSR count). The predicted octanol–water partition coefficient (Wildman–Crippen LogP) is 3.75. The van der Waals surface area contributed by atoms with Gasteiger partial charge in [0, 0.05) is 12.6 Å². The Morgan fingerprint density at radius 3 is 2.60 bits per heavy atom. The van der Waals surface area contributed by atoms with Crippen LogP contribution in [-0.4, -0.2) is 32.9 Å². The SMILES string of the molecule is CN(Cc1c2c(nn1-c1ccccc1)CCc1ccccc1-2)C(=O)O. The van der Waals surface area contributed by atoms with Crippen molar-refractivity contribution in [2.24, 2.45) is 0 Å². The molecule has 1 amide bonds. The number of carbonyl (C=O) groups is 1. The number of hydrogen-bond acceptors (Lipinski definition) is 2. The molecule has 0 fully saturated rings. The van der Waals surface area contributed by atoms with Gasteiger partial charge in [0.15, 0.2) is 0 Å². The molecule has 1 N–H and O–H groups in total. The largest absolute Gasteiger partial charge is 0.465 e. The smallest absolute Gasteiger partial charge is 0.407 e. The van der Waals surface area contributed by atoms with Crippen molar-refractivity contribution in [3.05, 3.63) is 71.5 Å². The van der Waals surface area contributed by atoms with Crippen molar-refractivity contribution in [3.63, 3.8) is 0 Å². The first-order valence-corrected chi connectivity index (χ1v) is 8.33. The van der Waals surface area contributed by atoms with E-state index in [1.165, 1.54) is 16.0 Å². The second-order valence-corrected chi connectivity index (χ2v) is 6.31. The van der Waals surface area contributed by atoms with Crippen molar-refractivity contribution in [1.29, 1.82) is 0 Å². The highest BCUT2D eigenvalue weighted by Gasteiger charge is 2.26. The summed E-state index contributed by atoms with van der Waals surface area (Å²) in [6.45, 7) is 0.293. The number of aryl methyl sites for hydroxylation is 2. The molecular formula is C20H19N3O2. The molecule has 1 aliphatic rings. The van der Waals surface area contributed by atoms with E-state index in [-0.39, 0.29) is 0 Å². The average Bonchev–Trinajstić information content (AvgIpc) is 3.01. The Morgan fingerprint density at radius 1 is 1.12 bits per heavy atom. The molecule has 3 aromatic rings. The van der Waals surface area contributed by atoms with Gasteiger partial charge in [-0.2, -0.15) is 5.10 Å². The maximum Gasteiger partial charge on any atom is 0.407 e. The number of rotatable bonds is 3. The molecule has 0 aliphatic heterocycles. The molecule has 1 aliphatic carbocycles. The Kier molecular flexibility index (Phi) is 3.76. The molecule has 5 heteroatoms. The Morgan fingerprint density at radius 2 is 1.84 bits per heavy atom. The van der Waals surface area contributed by atoms with Crippen LogP contribution >= 0.6 is 0 Å². The van der Waals surface area contributed by atoms with E-state index in [2.05, 4.69) is 18.2 Å². The molecule has 25 heavy (non-hydrogen) atoms. The summed E-state index contributed by atoms with van der Waals surface area (Å²) >= 11 is 0. The van der Waals surface area contributed by atoms with Gasteiger partial charge in [0.05, 0.1) is 23.6 Å². The number of para-hydroxylation sites is 1. The highest BCUT2D eigenvalue weighted by molar-refractivity contribution is 5.75. The summed E-state index contributed by atoms with van der Waals surface area (Å²) in [6, 6.07) is 18.2. The summed E-state index contributed by atoms with van der Waals surface area (Å²) in [5, 5.41) is 14.2. The molecule has 5 nitrogen and oxygen atoms in total. The van der Waals surface area contributed by atoms with Crippen LogP contribution < -0.4 is 0 Å². The van der Waals surface area contributed by atoms with Crippen molar-refractivity contribution in [3.8, 4) is 16.8 Å². The molecule has 0 saturated carbocycles. The van der Waals surface area contributed by atoms with Gasteiger partial charge in [0.2, 0.25) is 0 Å². The van der Waals surface area contributed by atoms with Crippen LogP contribution in [0.5, 0.6) is 0 Å². The van der Waals surface area contributed by atoms with Crippen LogP contribution in [0, 0.1) is 0 Å². The lowest BCUT2D eigenvalue weighted by Gasteiger charge is -2.19. The number of aromatic nitrogens is 2. The van der Waals surface area contributed by atoms with E-state index < -0.39 is 6.09 Å². The van der Waals surface area contributed by atoms with Gasteiger partial charge in [-0.05, 0) is 36.1 Å². The predicted molar refractivity (Wildman–Crippen MR) is 95.9 cm³/mol. The molecule has 0 spiro atoms. The molecule has 0 bridgehead atoms. The summed E-state index contributed by atoms with van der Waals surface area (Å²) in [5.74, 6) is 0. The summed E-state index contributed by atoms with van der Waals surface area (Å²) in [5.41, 5.74) is 6.44. The number of fused-ring (bicyclic) bond motifs is 3. The quantitative estimate of drug-likeness (QED) is 0.794. The van der Waals surface area contributed by atoms with Crippen LogP contribution in [-0.2, 0) is 19.4 Å². The summed E-state index contributed by atoms with van der Waals surface area (Å²) in [4.78, 5) is 12.7. The molecule has 0 unspecified atom stereocenters. The van der Waals surface area contributed by atoms with E-state index in [1.54, 1.807) is 7.05 Å². The van der Waals surface area contributed by atoms with Crippen LogP contribution in [0.25, 0.3) is 16.8 Å². The van der Waals surface area contributed by atoms with Gasteiger partial charge in [-0.25, -0.2) is 9.48 Å². The van der Waals surface area contributed by atoms with Crippen LogP contribution in [0.1, 0.15) is 17.0 Å². The lowest BCUT2D eigenvalue weighted by molar-refractivity contribution is 0.153. The molecule has 126 valence electrons. The van der Waals surface area contributed by atoms with E-state index in [4.69, 9.17) is 5.10 Å². The van der Waals surface area contributed by atoms with Gasteiger partial charge < -0.3 is 10.0 Å². The zero-order chi connectivity index (χ0) is 17.4. The second-order valence-electron chi connectivity index (χ2n) is 6.31. The summed E-state index contributed by atoms with van der Waals surface area (Å²) in [7, 11) is 1.59. The first-order chi connectivity index (χ1) is 12.1. The Bertz CT molecular complexity index is 931. The first kappa shape index (κ1) is 15.4. The third kappa shape index (κ3) is 2.67. The Labute approximate surface area is 146 Å². The maximum atomic E-state index is 11.4. The van der Waals surface area contributed by atoms with Crippen molar-refractivity contribution in [2.75, 3.05) is 7.05 Å². The van der Waals surface area contributed by atoms with Gasteiger partial charge in [0.1, 0.15) is 0 Å². The second kappa shape index (κ2) is 6.09. The minimum Gasteiger partial charge on any atom is -0.465 e. The van der Waals surface area contributed by atoms with E-state index in [0.717, 1.165) is 35.5 Å². The average molecular weight is 333 g/mol. The zero-order valence-electron chi connectivity index (χ0n) is 14.0. The van der Waals surface area contributed by atoms with E-state index in [9.17, 15) is 9.90 Å². The van der Waals surface area contributed by atoms with Crippen molar-refractivity contribution >= 4 is 6.09 Å². The summed E-state index contributed by atoms with van der Waals surface area (Å²) in [6.07, 6.45) is 0.887. The highest BCUT2D eigenvalue weighted by Crippen LogP contribution is 2.37. The normalized spacial score (nSPS) is 12.4. The van der Waals surface area contributed by atoms with Crippen LogP contribution in [0.15, 0.2) is 54.6 Å². The Hall–Kier alpha value is -3.08. The third-order valence-electron chi connectivity index (χ3n) is 4.69. The van der Waals surface area contributed by atoms with Gasteiger partial charge in [-0.15, -0.1) is 0 Å². The van der Waals surface area contributed by atoms with E-state index in [0.29, 0.717) is 6.54 Å². The fourth-order valence-corrected chi connectivity index (χ4v) is 3.45. The van der Waals surface area contributed by atoms with E-state index in [1.807, 2.05) is 41.1 Å². The molecule has 2 aromatic carbocycles. The van der Waals surface area contributed by atoms with Gasteiger partial charge in [-0.1, -0.05) is 42.5 Å². The van der Waals surface area contributed by atoms with Gasteiger partial charge in [0.25, 0.3) is 0 Å². The summed E-state index contributed by atoms with van der Waals surface area (Å²) < 4.78 is 1.90. The molecular weight excluding hydrogens is 314 g/mol. The number of nitrogens with zero attached hydrogens (tertiary/aromatic N) is 3.